The Balaban J connectivity index is 0.00000128. The van der Waals surface area contributed by atoms with Gasteiger partial charge in [-0.15, -0.1) is 12.1 Å². The zero-order chi connectivity index (χ0) is 10.5. The van der Waals surface area contributed by atoms with E-state index in [2.05, 4.69) is 22.0 Å². The molecule has 76 valence electrons. The van der Waals surface area contributed by atoms with Crippen LogP contribution in [-0.4, -0.2) is 0 Å². The molecule has 0 saturated carbocycles. The second-order valence-electron chi connectivity index (χ2n) is 3.15. The summed E-state index contributed by atoms with van der Waals surface area (Å²) in [6.45, 7) is 0.577. The Morgan fingerprint density at radius 2 is 1.88 bits per heavy atom. The molecule has 0 N–H and O–H groups in total. The van der Waals surface area contributed by atoms with Crippen LogP contribution in [0.5, 0.6) is 5.75 Å². The molecule has 0 aromatic heterocycles. The van der Waals surface area contributed by atoms with Crippen LogP contribution in [0.15, 0.2) is 53.0 Å². The molecule has 0 aliphatic rings. The van der Waals surface area contributed by atoms with Gasteiger partial charge >= 0.3 is 18.9 Å². The third-order valence-corrected chi connectivity index (χ3v) is 2.47. The second-order valence-corrected chi connectivity index (χ2v) is 4.06. The molecule has 0 aliphatic heterocycles. The van der Waals surface area contributed by atoms with Crippen molar-refractivity contribution in [3.05, 3.63) is 64.6 Å². The maximum atomic E-state index is 5.59. The molecule has 0 spiro atoms. The number of ether oxygens (including phenoxy) is 1. The van der Waals surface area contributed by atoms with Gasteiger partial charge in [0, 0.05) is 5.75 Å². The third kappa shape index (κ3) is 4.06. The second kappa shape index (κ2) is 6.80. The molecule has 2 aromatic carbocycles. The topological polar surface area (TPSA) is 9.23 Å². The van der Waals surface area contributed by atoms with Gasteiger partial charge in [0.2, 0.25) is 0 Å². The normalized spacial score (nSPS) is 9.31. The number of hydrogen-bond acceptors (Lipinski definition) is 1. The summed E-state index contributed by atoms with van der Waals surface area (Å²) >= 11 is 3.39. The monoisotopic (exact) mass is 268 g/mol. The molecule has 0 bridgehead atoms. The first-order chi connectivity index (χ1) is 7.34. The summed E-state index contributed by atoms with van der Waals surface area (Å²) in [5.41, 5.74) is 1.16. The van der Waals surface area contributed by atoms with Crippen LogP contribution < -0.4 is 23.6 Å². The quantitative estimate of drug-likeness (QED) is 0.592. The molecule has 0 fully saturated rings. The Kier molecular flexibility index (Phi) is 5.69. The van der Waals surface area contributed by atoms with Crippen molar-refractivity contribution in [2.24, 2.45) is 0 Å². The Morgan fingerprint density at radius 1 is 1.12 bits per heavy atom. The summed E-state index contributed by atoms with van der Waals surface area (Å²) < 4.78 is 6.59. The van der Waals surface area contributed by atoms with E-state index < -0.39 is 0 Å². The molecule has 0 radical (unpaired) electrons. The molecule has 0 saturated heterocycles. The summed E-state index contributed by atoms with van der Waals surface area (Å²) in [6, 6.07) is 18.8. The first-order valence-electron chi connectivity index (χ1n) is 4.68. The SMILES string of the molecule is Brc1cc[c-]c(OCc2ccccc2)c1.[Li+]. The van der Waals surface area contributed by atoms with E-state index in [0.29, 0.717) is 6.61 Å². The van der Waals surface area contributed by atoms with Gasteiger partial charge in [-0.05, 0) is 5.56 Å². The van der Waals surface area contributed by atoms with Gasteiger partial charge in [0.1, 0.15) is 6.61 Å². The van der Waals surface area contributed by atoms with Crippen LogP contribution in [0, 0.1) is 6.07 Å². The van der Waals surface area contributed by atoms with Gasteiger partial charge in [0.05, 0.1) is 0 Å². The van der Waals surface area contributed by atoms with E-state index in [9.17, 15) is 0 Å². The maximum absolute atomic E-state index is 5.59. The minimum absolute atomic E-state index is 0. The van der Waals surface area contributed by atoms with Gasteiger partial charge in [0.25, 0.3) is 0 Å². The van der Waals surface area contributed by atoms with E-state index in [1.807, 2.05) is 48.5 Å². The van der Waals surface area contributed by atoms with Crippen LogP contribution in [0.25, 0.3) is 0 Å². The summed E-state index contributed by atoms with van der Waals surface area (Å²) in [5.74, 6) is 0.758. The van der Waals surface area contributed by atoms with E-state index >= 15 is 0 Å². The molecule has 0 atom stereocenters. The van der Waals surface area contributed by atoms with Crippen molar-refractivity contribution < 1.29 is 23.6 Å². The van der Waals surface area contributed by atoms with E-state index in [-0.39, 0.29) is 18.9 Å². The Bertz CT molecular complexity index is 431. The Morgan fingerprint density at radius 3 is 2.56 bits per heavy atom. The van der Waals surface area contributed by atoms with Crippen molar-refractivity contribution >= 4 is 15.9 Å². The van der Waals surface area contributed by atoms with Crippen molar-refractivity contribution in [1.29, 1.82) is 0 Å². The molecular weight excluding hydrogens is 259 g/mol. The fourth-order valence-corrected chi connectivity index (χ4v) is 1.58. The first kappa shape index (κ1) is 13.4. The van der Waals surface area contributed by atoms with Crippen molar-refractivity contribution in [3.63, 3.8) is 0 Å². The van der Waals surface area contributed by atoms with Crippen molar-refractivity contribution in [3.8, 4) is 5.75 Å². The van der Waals surface area contributed by atoms with Gasteiger partial charge in [-0.25, -0.2) is 0 Å². The number of halogens is 1. The van der Waals surface area contributed by atoms with Crippen LogP contribution in [0.1, 0.15) is 5.56 Å². The van der Waals surface area contributed by atoms with Crippen LogP contribution in [0.3, 0.4) is 0 Å². The minimum Gasteiger partial charge on any atom is -0.515 e. The largest absolute Gasteiger partial charge is 1.00 e. The standard InChI is InChI=1S/C13H10BrO.Li/c14-12-7-4-8-13(9-12)15-10-11-5-2-1-3-6-11;/h1-7,9H,10H2;/q-1;+1. The molecule has 2 aromatic rings. The molecule has 0 aliphatic carbocycles. The van der Waals surface area contributed by atoms with Gasteiger partial charge in [0.15, 0.2) is 0 Å². The molecular formula is C13H10BrLiO. The summed E-state index contributed by atoms with van der Waals surface area (Å²) in [5, 5.41) is 0. The molecule has 0 heterocycles. The first-order valence-corrected chi connectivity index (χ1v) is 5.48. The smallest absolute Gasteiger partial charge is 0.515 e. The summed E-state index contributed by atoms with van der Waals surface area (Å²) in [4.78, 5) is 0. The molecule has 0 unspecified atom stereocenters. The Hall–Kier alpha value is -0.683. The van der Waals surface area contributed by atoms with Gasteiger partial charge in [-0.1, -0.05) is 50.7 Å². The molecule has 0 amide bonds. The average Bonchev–Trinajstić information content (AvgIpc) is 2.28. The minimum atomic E-state index is 0. The number of benzene rings is 2. The zero-order valence-electron chi connectivity index (χ0n) is 9.11. The van der Waals surface area contributed by atoms with E-state index in [4.69, 9.17) is 4.74 Å². The Labute approximate surface area is 116 Å². The molecule has 3 heteroatoms. The molecule has 2 rings (SSSR count). The summed E-state index contributed by atoms with van der Waals surface area (Å²) in [7, 11) is 0. The van der Waals surface area contributed by atoms with E-state index in [1.54, 1.807) is 0 Å². The van der Waals surface area contributed by atoms with Crippen LogP contribution in [-0.2, 0) is 6.61 Å². The number of hydrogen-bond donors (Lipinski definition) is 0. The van der Waals surface area contributed by atoms with Crippen LogP contribution in [0.4, 0.5) is 0 Å². The maximum Gasteiger partial charge on any atom is 1.00 e. The van der Waals surface area contributed by atoms with Crippen LogP contribution >= 0.6 is 15.9 Å². The average molecular weight is 269 g/mol. The van der Waals surface area contributed by atoms with Crippen LogP contribution in [0.2, 0.25) is 0 Å². The van der Waals surface area contributed by atoms with Crippen molar-refractivity contribution in [1.82, 2.24) is 0 Å². The fourth-order valence-electron chi connectivity index (χ4n) is 1.24. The van der Waals surface area contributed by atoms with E-state index in [1.165, 1.54) is 0 Å². The fraction of sp³-hybridized carbons (Fsp3) is 0.0769. The van der Waals surface area contributed by atoms with Crippen molar-refractivity contribution in [2.75, 3.05) is 0 Å². The summed E-state index contributed by atoms with van der Waals surface area (Å²) in [6.07, 6.45) is 0. The predicted molar refractivity (Wildman–Crippen MR) is 63.8 cm³/mol. The van der Waals surface area contributed by atoms with Crippen molar-refractivity contribution in [2.45, 2.75) is 6.61 Å². The van der Waals surface area contributed by atoms with Gasteiger partial charge < -0.3 is 4.74 Å². The molecule has 1 nitrogen and oxygen atoms in total. The zero-order valence-corrected chi connectivity index (χ0v) is 10.7. The number of rotatable bonds is 3. The third-order valence-electron chi connectivity index (χ3n) is 1.97. The predicted octanol–water partition coefficient (Wildman–Crippen LogP) is 0.832. The van der Waals surface area contributed by atoms with E-state index in [0.717, 1.165) is 15.8 Å². The van der Waals surface area contributed by atoms with Gasteiger partial charge in [-0.3, -0.25) is 0 Å². The molecule has 16 heavy (non-hydrogen) atoms. The van der Waals surface area contributed by atoms with Gasteiger partial charge in [-0.2, -0.15) is 12.1 Å².